The molecular weight excluding hydrogens is 468 g/mol. The molecule has 0 heterocycles. The zero-order valence-electron chi connectivity index (χ0n) is 22.2. The number of nitrogens with zero attached hydrogens (tertiary/aromatic N) is 1. The summed E-state index contributed by atoms with van der Waals surface area (Å²) in [5, 5.41) is 2.82. The molecule has 37 heavy (non-hydrogen) atoms. The Morgan fingerprint density at radius 1 is 0.892 bits per heavy atom. The molecule has 1 atom stereocenters. The van der Waals surface area contributed by atoms with Crippen molar-refractivity contribution < 1.29 is 23.8 Å². The summed E-state index contributed by atoms with van der Waals surface area (Å²) in [6.07, 6.45) is 0.0547. The molecule has 0 saturated heterocycles. The third kappa shape index (κ3) is 9.18. The average Bonchev–Trinajstić information content (AvgIpc) is 2.85. The molecule has 3 aromatic carbocycles. The predicted octanol–water partition coefficient (Wildman–Crippen LogP) is 5.97. The van der Waals surface area contributed by atoms with Gasteiger partial charge in [-0.2, -0.15) is 0 Å². The van der Waals surface area contributed by atoms with Crippen LogP contribution >= 0.6 is 0 Å². The van der Waals surface area contributed by atoms with Crippen LogP contribution in [0.5, 0.6) is 17.2 Å². The normalized spacial score (nSPS) is 11.8. The summed E-state index contributed by atoms with van der Waals surface area (Å²) >= 11 is 0. The first kappa shape index (κ1) is 27.6. The minimum Gasteiger partial charge on any atom is -0.485 e. The van der Waals surface area contributed by atoms with Gasteiger partial charge in [-0.25, -0.2) is 4.79 Å². The molecule has 196 valence electrons. The molecule has 0 bridgehead atoms. The first-order valence-corrected chi connectivity index (χ1v) is 12.3. The third-order valence-electron chi connectivity index (χ3n) is 5.50. The maximum atomic E-state index is 12.7. The quantitative estimate of drug-likeness (QED) is 0.368. The Morgan fingerprint density at radius 2 is 1.54 bits per heavy atom. The van der Waals surface area contributed by atoms with Crippen molar-refractivity contribution in [2.75, 3.05) is 13.6 Å². The lowest BCUT2D eigenvalue weighted by Gasteiger charge is -2.31. The molecule has 0 aliphatic rings. The fraction of sp³-hybridized carbons (Fsp3) is 0.333. The average molecular weight is 505 g/mol. The molecule has 1 N–H and O–H groups in total. The van der Waals surface area contributed by atoms with Crippen molar-refractivity contribution in [1.29, 1.82) is 0 Å². The Bertz CT molecular complexity index is 1170. The molecule has 0 fully saturated rings. The summed E-state index contributed by atoms with van der Waals surface area (Å²) in [5.74, 6) is 1.74. The maximum Gasteiger partial charge on any atom is 0.410 e. The zero-order chi connectivity index (χ0) is 26.8. The minimum absolute atomic E-state index is 0.160. The van der Waals surface area contributed by atoms with Gasteiger partial charge < -0.3 is 24.4 Å². The Labute approximate surface area is 219 Å². The van der Waals surface area contributed by atoms with Gasteiger partial charge in [-0.1, -0.05) is 54.6 Å². The fourth-order valence-corrected chi connectivity index (χ4v) is 3.61. The number of nitrogens with one attached hydrogen (secondary N) is 1. The fourth-order valence-electron chi connectivity index (χ4n) is 3.61. The van der Waals surface area contributed by atoms with Crippen LogP contribution in [-0.2, 0) is 22.6 Å². The number of benzene rings is 3. The van der Waals surface area contributed by atoms with Crippen LogP contribution in [0.1, 0.15) is 38.8 Å². The van der Waals surface area contributed by atoms with E-state index in [4.69, 9.17) is 14.2 Å². The highest BCUT2D eigenvalue weighted by molar-refractivity contribution is 5.73. The van der Waals surface area contributed by atoms with Gasteiger partial charge in [-0.05, 0) is 62.6 Å². The zero-order valence-corrected chi connectivity index (χ0v) is 22.2. The van der Waals surface area contributed by atoms with Crippen molar-refractivity contribution in [1.82, 2.24) is 10.2 Å². The van der Waals surface area contributed by atoms with E-state index in [0.717, 1.165) is 11.1 Å². The van der Waals surface area contributed by atoms with Gasteiger partial charge in [0.1, 0.15) is 18.0 Å². The number of carbonyl (C=O) groups is 2. The van der Waals surface area contributed by atoms with E-state index >= 15 is 0 Å². The summed E-state index contributed by atoms with van der Waals surface area (Å²) in [7, 11) is 1.68. The Hall–Kier alpha value is -4.00. The van der Waals surface area contributed by atoms with Gasteiger partial charge in [-0.3, -0.25) is 4.79 Å². The van der Waals surface area contributed by atoms with E-state index < -0.39 is 11.7 Å². The second-order valence-corrected chi connectivity index (χ2v) is 9.86. The van der Waals surface area contributed by atoms with E-state index in [2.05, 4.69) is 5.32 Å². The number of carbonyl (C=O) groups excluding carboxylic acids is 2. The number of hydrogen-bond donors (Lipinski definition) is 1. The van der Waals surface area contributed by atoms with Crippen molar-refractivity contribution >= 4 is 12.0 Å². The van der Waals surface area contributed by atoms with E-state index in [-0.39, 0.29) is 11.9 Å². The molecule has 7 heteroatoms. The Balaban J connectivity index is 1.73. The Kier molecular flexibility index (Phi) is 9.55. The van der Waals surface area contributed by atoms with Crippen LogP contribution in [0.4, 0.5) is 4.79 Å². The number of rotatable bonds is 10. The number of likely N-dealkylation sites (N-methyl/N-ethyl adjacent to an activating group) is 1. The standard InChI is InChI=1S/C30H36N2O5/c1-22(33)31-20-25(32(5)29(34)37-30(2,3)4)18-24-14-11-15-26(19-24)36-28-17-10-9-16-27(28)35-21-23-12-7-6-8-13-23/h6-17,19,25H,18,20-21H2,1-5H3,(H,31,33). The van der Waals surface area contributed by atoms with Crippen molar-refractivity contribution in [3.63, 3.8) is 0 Å². The molecule has 1 unspecified atom stereocenters. The highest BCUT2D eigenvalue weighted by Gasteiger charge is 2.26. The highest BCUT2D eigenvalue weighted by atomic mass is 16.6. The van der Waals surface area contributed by atoms with Gasteiger partial charge in [0.15, 0.2) is 11.5 Å². The van der Waals surface area contributed by atoms with Gasteiger partial charge in [0.05, 0.1) is 6.04 Å². The molecule has 0 aliphatic heterocycles. The smallest absolute Gasteiger partial charge is 0.410 e. The van der Waals surface area contributed by atoms with Crippen molar-refractivity contribution in [2.24, 2.45) is 0 Å². The van der Waals surface area contributed by atoms with Gasteiger partial charge in [0.2, 0.25) is 5.91 Å². The number of hydrogen-bond acceptors (Lipinski definition) is 5. The molecular formula is C30H36N2O5. The second-order valence-electron chi connectivity index (χ2n) is 9.86. The van der Waals surface area contributed by atoms with Gasteiger partial charge in [0, 0.05) is 20.5 Å². The maximum absolute atomic E-state index is 12.7. The molecule has 7 nitrogen and oxygen atoms in total. The molecule has 0 saturated carbocycles. The summed E-state index contributed by atoms with van der Waals surface area (Å²) in [4.78, 5) is 25.8. The largest absolute Gasteiger partial charge is 0.485 e. The highest BCUT2D eigenvalue weighted by Crippen LogP contribution is 2.32. The van der Waals surface area contributed by atoms with E-state index in [1.807, 2.05) is 99.6 Å². The lowest BCUT2D eigenvalue weighted by molar-refractivity contribution is -0.119. The van der Waals surface area contributed by atoms with Crippen molar-refractivity contribution in [3.05, 3.63) is 90.0 Å². The molecule has 0 spiro atoms. The molecule has 2 amide bonds. The predicted molar refractivity (Wildman–Crippen MR) is 144 cm³/mol. The minimum atomic E-state index is -0.617. The van der Waals surface area contributed by atoms with Crippen molar-refractivity contribution in [2.45, 2.75) is 52.4 Å². The summed E-state index contributed by atoms with van der Waals surface area (Å²) in [5.41, 5.74) is 1.40. The van der Waals surface area contributed by atoms with E-state index in [1.54, 1.807) is 7.05 Å². The SMILES string of the molecule is CC(=O)NCC(Cc1cccc(Oc2ccccc2OCc2ccccc2)c1)N(C)C(=O)OC(C)(C)C. The van der Waals surface area contributed by atoms with Crippen LogP contribution in [0.2, 0.25) is 0 Å². The van der Waals surface area contributed by atoms with Crippen LogP contribution in [0.15, 0.2) is 78.9 Å². The number of para-hydroxylation sites is 2. The number of ether oxygens (including phenoxy) is 3. The van der Waals surface area contributed by atoms with Crippen LogP contribution in [0.3, 0.4) is 0 Å². The Morgan fingerprint density at radius 3 is 2.22 bits per heavy atom. The molecule has 0 aliphatic carbocycles. The van der Waals surface area contributed by atoms with Crippen LogP contribution in [0.25, 0.3) is 0 Å². The first-order valence-electron chi connectivity index (χ1n) is 12.3. The molecule has 3 aromatic rings. The van der Waals surface area contributed by atoms with E-state index in [9.17, 15) is 9.59 Å². The van der Waals surface area contributed by atoms with Gasteiger partial charge >= 0.3 is 6.09 Å². The van der Waals surface area contributed by atoms with Crippen LogP contribution < -0.4 is 14.8 Å². The van der Waals surface area contributed by atoms with Gasteiger partial charge in [0.25, 0.3) is 0 Å². The molecule has 0 radical (unpaired) electrons. The summed E-state index contributed by atoms with van der Waals surface area (Å²) in [6, 6.07) is 24.9. The lowest BCUT2D eigenvalue weighted by atomic mass is 10.0. The third-order valence-corrected chi connectivity index (χ3v) is 5.50. The van der Waals surface area contributed by atoms with Crippen LogP contribution in [0, 0.1) is 0 Å². The lowest BCUT2D eigenvalue weighted by Crippen LogP contribution is -2.47. The first-order chi connectivity index (χ1) is 17.6. The summed E-state index contributed by atoms with van der Waals surface area (Å²) < 4.78 is 17.7. The van der Waals surface area contributed by atoms with Crippen molar-refractivity contribution in [3.8, 4) is 17.2 Å². The monoisotopic (exact) mass is 504 g/mol. The second kappa shape index (κ2) is 12.8. The van der Waals surface area contributed by atoms with Crippen LogP contribution in [-0.4, -0.2) is 42.1 Å². The molecule has 0 aromatic heterocycles. The van der Waals surface area contributed by atoms with E-state index in [1.165, 1.54) is 11.8 Å². The summed E-state index contributed by atoms with van der Waals surface area (Å²) in [6.45, 7) is 7.66. The van der Waals surface area contributed by atoms with Gasteiger partial charge in [-0.15, -0.1) is 0 Å². The van der Waals surface area contributed by atoms with E-state index in [0.29, 0.717) is 36.8 Å². The topological polar surface area (TPSA) is 77.1 Å². The number of amides is 2. The molecule has 3 rings (SSSR count).